The molecule has 0 saturated heterocycles. The largest absolute Gasteiger partial charge is 0.466 e. The number of Topliss-reactive ketones (excluding diaryl/α,β-unsaturated/α-hetero) is 1. The summed E-state index contributed by atoms with van der Waals surface area (Å²) in [5, 5.41) is 14.4. The number of carbonyl (C=O) groups excluding carboxylic acids is 2. The molecule has 0 saturated carbocycles. The van der Waals surface area contributed by atoms with E-state index in [2.05, 4.69) is 5.32 Å². The zero-order valence-electron chi connectivity index (χ0n) is 18.4. The van der Waals surface area contributed by atoms with E-state index in [9.17, 15) is 19.7 Å². The highest BCUT2D eigenvalue weighted by molar-refractivity contribution is 6.04. The number of methoxy groups -OCH3 is 1. The summed E-state index contributed by atoms with van der Waals surface area (Å²) in [5.41, 5.74) is 2.50. The number of nitrogens with one attached hydrogen (secondary N) is 1. The van der Waals surface area contributed by atoms with E-state index in [1.165, 1.54) is 19.2 Å². The molecule has 1 aromatic heterocycles. The van der Waals surface area contributed by atoms with E-state index in [1.807, 2.05) is 13.8 Å². The van der Waals surface area contributed by atoms with Crippen LogP contribution in [0.4, 0.5) is 5.69 Å². The van der Waals surface area contributed by atoms with Crippen LogP contribution in [-0.4, -0.2) is 23.8 Å². The highest BCUT2D eigenvalue weighted by atomic mass is 16.6. The molecule has 2 aromatic rings. The standard InChI is InChI=1S/C24H24N2O6/c1-13-20(23(28)31-4)22(21-16(25-13)11-24(2,3)12-17(21)27)19-9-8-18(32-19)14-6-5-7-15(10-14)26(29)30/h5-10,22,25H,11-12H2,1-4H3/t22-/m1/s1. The van der Waals surface area contributed by atoms with Gasteiger partial charge in [-0.1, -0.05) is 26.0 Å². The summed E-state index contributed by atoms with van der Waals surface area (Å²) in [6.45, 7) is 5.85. The molecule has 1 aromatic carbocycles. The highest BCUT2D eigenvalue weighted by Gasteiger charge is 2.44. The van der Waals surface area contributed by atoms with Gasteiger partial charge in [0.15, 0.2) is 5.78 Å². The summed E-state index contributed by atoms with van der Waals surface area (Å²) in [6, 6.07) is 9.51. The molecule has 0 spiro atoms. The third-order valence-electron chi connectivity index (χ3n) is 5.90. The fourth-order valence-electron chi connectivity index (χ4n) is 4.54. The first-order valence-corrected chi connectivity index (χ1v) is 10.3. The lowest BCUT2D eigenvalue weighted by Crippen LogP contribution is -2.38. The summed E-state index contributed by atoms with van der Waals surface area (Å²) >= 11 is 0. The number of nitrogens with zero attached hydrogens (tertiary/aromatic N) is 1. The van der Waals surface area contributed by atoms with Crippen LogP contribution in [0.2, 0.25) is 0 Å². The van der Waals surface area contributed by atoms with Gasteiger partial charge in [0.1, 0.15) is 11.5 Å². The van der Waals surface area contributed by atoms with Crippen molar-refractivity contribution in [1.29, 1.82) is 0 Å². The third kappa shape index (κ3) is 3.72. The van der Waals surface area contributed by atoms with Crippen molar-refractivity contribution in [3.8, 4) is 11.3 Å². The monoisotopic (exact) mass is 436 g/mol. The van der Waals surface area contributed by atoms with Crippen LogP contribution in [0.5, 0.6) is 0 Å². The van der Waals surface area contributed by atoms with E-state index in [1.54, 1.807) is 31.2 Å². The topological polar surface area (TPSA) is 112 Å². The van der Waals surface area contributed by atoms with Crippen molar-refractivity contribution in [2.24, 2.45) is 5.41 Å². The SMILES string of the molecule is COC(=O)C1=C(C)NC2=C(C(=O)CC(C)(C)C2)[C@@H]1c1ccc(-c2cccc([N+](=O)[O-])c2)o1. The predicted octanol–water partition coefficient (Wildman–Crippen LogP) is 4.63. The van der Waals surface area contributed by atoms with E-state index in [4.69, 9.17) is 9.15 Å². The number of rotatable bonds is 4. The minimum atomic E-state index is -0.713. The van der Waals surface area contributed by atoms with Gasteiger partial charge in [-0.15, -0.1) is 0 Å². The number of benzene rings is 1. The van der Waals surface area contributed by atoms with Crippen molar-refractivity contribution in [2.75, 3.05) is 7.11 Å². The number of dihydropyridines is 1. The van der Waals surface area contributed by atoms with Crippen LogP contribution in [-0.2, 0) is 14.3 Å². The molecule has 0 bridgehead atoms. The number of non-ortho nitro benzene ring substituents is 1. The fraction of sp³-hybridized carbons (Fsp3) is 0.333. The second kappa shape index (κ2) is 7.78. The van der Waals surface area contributed by atoms with E-state index < -0.39 is 16.8 Å². The van der Waals surface area contributed by atoms with Crippen molar-refractivity contribution in [1.82, 2.24) is 5.32 Å². The number of nitro groups is 1. The Kier molecular flexibility index (Phi) is 5.24. The number of esters is 1. The summed E-state index contributed by atoms with van der Waals surface area (Å²) in [4.78, 5) is 36.6. The average molecular weight is 436 g/mol. The normalized spacial score (nSPS) is 20.0. The van der Waals surface area contributed by atoms with Crippen molar-refractivity contribution in [3.05, 3.63) is 74.8 Å². The Morgan fingerprint density at radius 1 is 1.25 bits per heavy atom. The van der Waals surface area contributed by atoms with Gasteiger partial charge in [-0.3, -0.25) is 14.9 Å². The first-order chi connectivity index (χ1) is 15.1. The maximum absolute atomic E-state index is 13.2. The van der Waals surface area contributed by atoms with Gasteiger partial charge in [-0.2, -0.15) is 0 Å². The average Bonchev–Trinajstić information content (AvgIpc) is 3.21. The maximum atomic E-state index is 13.2. The van der Waals surface area contributed by atoms with Crippen molar-refractivity contribution < 1.29 is 23.7 Å². The molecule has 8 nitrogen and oxygen atoms in total. The summed E-state index contributed by atoms with van der Waals surface area (Å²) in [6.07, 6.45) is 1.02. The van der Waals surface area contributed by atoms with Crippen LogP contribution < -0.4 is 5.32 Å². The molecule has 1 N–H and O–H groups in total. The maximum Gasteiger partial charge on any atom is 0.336 e. The highest BCUT2D eigenvalue weighted by Crippen LogP contribution is 2.47. The van der Waals surface area contributed by atoms with Crippen LogP contribution in [0.3, 0.4) is 0 Å². The van der Waals surface area contributed by atoms with Crippen LogP contribution in [0.25, 0.3) is 11.3 Å². The van der Waals surface area contributed by atoms with Gasteiger partial charge in [-0.25, -0.2) is 4.79 Å². The van der Waals surface area contributed by atoms with Gasteiger partial charge >= 0.3 is 5.97 Å². The first kappa shape index (κ1) is 21.5. The van der Waals surface area contributed by atoms with E-state index in [0.29, 0.717) is 46.8 Å². The fourth-order valence-corrected chi connectivity index (χ4v) is 4.54. The number of nitro benzene ring substituents is 1. The zero-order chi connectivity index (χ0) is 23.2. The predicted molar refractivity (Wildman–Crippen MR) is 116 cm³/mol. The van der Waals surface area contributed by atoms with Crippen LogP contribution in [0.15, 0.2) is 63.4 Å². The molecule has 1 aliphatic carbocycles. The molecule has 0 unspecified atom stereocenters. The van der Waals surface area contributed by atoms with Gasteiger partial charge < -0.3 is 14.5 Å². The van der Waals surface area contributed by atoms with Crippen molar-refractivity contribution in [2.45, 2.75) is 39.5 Å². The molecular weight excluding hydrogens is 412 g/mol. The molecule has 0 amide bonds. The number of carbonyl (C=O) groups is 2. The second-order valence-corrected chi connectivity index (χ2v) is 8.93. The molecule has 32 heavy (non-hydrogen) atoms. The summed E-state index contributed by atoms with van der Waals surface area (Å²) in [5.74, 6) is -0.480. The van der Waals surface area contributed by atoms with Crippen molar-refractivity contribution in [3.63, 3.8) is 0 Å². The smallest absolute Gasteiger partial charge is 0.336 e. The number of hydrogen-bond acceptors (Lipinski definition) is 7. The lowest BCUT2D eigenvalue weighted by molar-refractivity contribution is -0.384. The lowest BCUT2D eigenvalue weighted by atomic mass is 9.69. The Balaban J connectivity index is 1.83. The number of furan rings is 1. The molecular formula is C24H24N2O6. The minimum Gasteiger partial charge on any atom is -0.466 e. The Labute approximate surface area is 185 Å². The van der Waals surface area contributed by atoms with Gasteiger partial charge in [0.2, 0.25) is 0 Å². The molecule has 1 aliphatic heterocycles. The second-order valence-electron chi connectivity index (χ2n) is 8.93. The molecule has 8 heteroatoms. The zero-order valence-corrected chi connectivity index (χ0v) is 18.4. The van der Waals surface area contributed by atoms with E-state index >= 15 is 0 Å². The van der Waals surface area contributed by atoms with Gasteiger partial charge in [-0.05, 0) is 30.9 Å². The molecule has 2 heterocycles. The number of ether oxygens (including phenoxy) is 1. The van der Waals surface area contributed by atoms with Crippen LogP contribution >= 0.6 is 0 Å². The molecule has 1 atom stereocenters. The Bertz CT molecular complexity index is 1200. The van der Waals surface area contributed by atoms with Gasteiger partial charge in [0.25, 0.3) is 5.69 Å². The first-order valence-electron chi connectivity index (χ1n) is 10.3. The third-order valence-corrected chi connectivity index (χ3v) is 5.90. The van der Waals surface area contributed by atoms with E-state index in [0.717, 1.165) is 5.70 Å². The molecule has 166 valence electrons. The van der Waals surface area contributed by atoms with Crippen LogP contribution in [0.1, 0.15) is 45.3 Å². The summed E-state index contributed by atoms with van der Waals surface area (Å²) < 4.78 is 11.1. The quantitative estimate of drug-likeness (QED) is 0.422. The Morgan fingerprint density at radius 3 is 2.69 bits per heavy atom. The molecule has 2 aliphatic rings. The molecule has 4 rings (SSSR count). The number of ketones is 1. The molecule has 0 radical (unpaired) electrons. The Morgan fingerprint density at radius 2 is 2.00 bits per heavy atom. The number of hydrogen-bond donors (Lipinski definition) is 1. The minimum absolute atomic E-state index is 0.0454. The molecule has 0 fully saturated rings. The summed E-state index contributed by atoms with van der Waals surface area (Å²) in [7, 11) is 1.30. The van der Waals surface area contributed by atoms with Crippen molar-refractivity contribution >= 4 is 17.4 Å². The van der Waals surface area contributed by atoms with E-state index in [-0.39, 0.29) is 16.9 Å². The number of allylic oxidation sites excluding steroid dienone is 3. The van der Waals surface area contributed by atoms with Gasteiger partial charge in [0.05, 0.1) is 23.5 Å². The van der Waals surface area contributed by atoms with Crippen LogP contribution in [0, 0.1) is 15.5 Å². The Hall–Kier alpha value is -3.68. The lowest BCUT2D eigenvalue weighted by Gasteiger charge is -2.38. The van der Waals surface area contributed by atoms with Gasteiger partial charge in [0, 0.05) is 41.1 Å².